The lowest BCUT2D eigenvalue weighted by molar-refractivity contribution is 0.102. The molecule has 0 radical (unpaired) electrons. The second kappa shape index (κ2) is 8.79. The summed E-state index contributed by atoms with van der Waals surface area (Å²) in [4.78, 5) is 12.8. The molecule has 0 aliphatic rings. The third kappa shape index (κ3) is 4.57. The Kier molecular flexibility index (Phi) is 5.76. The van der Waals surface area contributed by atoms with Crippen molar-refractivity contribution in [3.8, 4) is 11.3 Å². The fourth-order valence-electron chi connectivity index (χ4n) is 3.09. The molecule has 0 saturated carbocycles. The number of carbonyl (C=O) groups excluding carboxylic acids is 1. The van der Waals surface area contributed by atoms with Crippen molar-refractivity contribution in [1.82, 2.24) is 15.4 Å². The van der Waals surface area contributed by atoms with Gasteiger partial charge in [-0.25, -0.2) is 0 Å². The van der Waals surface area contributed by atoms with E-state index in [1.165, 1.54) is 16.9 Å². The molecule has 0 unspecified atom stereocenters. The lowest BCUT2D eigenvalue weighted by Crippen LogP contribution is -2.13. The summed E-state index contributed by atoms with van der Waals surface area (Å²) in [6, 6.07) is 19.8. The molecule has 0 atom stereocenters. The first-order chi connectivity index (χ1) is 14.2. The highest BCUT2D eigenvalue weighted by molar-refractivity contribution is 7.15. The second-order valence-electron chi connectivity index (χ2n) is 6.62. The summed E-state index contributed by atoms with van der Waals surface area (Å²) in [5.41, 5.74) is 3.07. The van der Waals surface area contributed by atoms with Crippen LogP contribution in [0.15, 0.2) is 65.2 Å². The molecule has 0 fully saturated rings. The van der Waals surface area contributed by atoms with Crippen LogP contribution >= 0.6 is 11.3 Å². The number of nitrogens with one attached hydrogen (secondary N) is 1. The van der Waals surface area contributed by atoms with Gasteiger partial charge in [0.1, 0.15) is 22.0 Å². The molecular weight excluding hydrogens is 384 g/mol. The van der Waals surface area contributed by atoms with Gasteiger partial charge in [-0.1, -0.05) is 77.2 Å². The van der Waals surface area contributed by atoms with E-state index in [0.29, 0.717) is 22.1 Å². The molecule has 2 aromatic heterocycles. The molecule has 2 heterocycles. The van der Waals surface area contributed by atoms with Crippen molar-refractivity contribution in [1.29, 1.82) is 0 Å². The smallest absolute Gasteiger partial charge is 0.263 e. The Morgan fingerprint density at radius 1 is 1.00 bits per heavy atom. The molecule has 0 aliphatic carbocycles. The van der Waals surface area contributed by atoms with Gasteiger partial charge in [-0.15, -0.1) is 10.2 Å². The molecule has 0 aliphatic heterocycles. The Labute approximate surface area is 172 Å². The fourth-order valence-corrected chi connectivity index (χ4v) is 3.86. The molecule has 6 nitrogen and oxygen atoms in total. The van der Waals surface area contributed by atoms with Gasteiger partial charge in [0.2, 0.25) is 5.13 Å². The normalized spacial score (nSPS) is 10.8. The van der Waals surface area contributed by atoms with E-state index in [0.717, 1.165) is 29.8 Å². The molecular formula is C22H20N4O2S. The van der Waals surface area contributed by atoms with Gasteiger partial charge < -0.3 is 4.52 Å². The highest BCUT2D eigenvalue weighted by atomic mass is 32.1. The van der Waals surface area contributed by atoms with Crippen molar-refractivity contribution in [2.24, 2.45) is 0 Å². The number of amides is 1. The molecule has 1 amide bonds. The van der Waals surface area contributed by atoms with Gasteiger partial charge in [0, 0.05) is 12.0 Å². The minimum Gasteiger partial charge on any atom is -0.360 e. The van der Waals surface area contributed by atoms with Crippen LogP contribution in [0.25, 0.3) is 11.3 Å². The summed E-state index contributed by atoms with van der Waals surface area (Å²) in [5, 5.41) is 16.6. The molecule has 2 aromatic carbocycles. The van der Waals surface area contributed by atoms with E-state index in [-0.39, 0.29) is 5.91 Å². The lowest BCUT2D eigenvalue weighted by atomic mass is 10.1. The number of anilines is 1. The SMILES string of the molecule is Cc1onc(-c2ccccc2)c1C(=O)Nc1nnc(CCCc2ccccc2)s1. The number of nitrogens with zero attached hydrogens (tertiary/aromatic N) is 3. The Bertz CT molecular complexity index is 1090. The Morgan fingerprint density at radius 3 is 2.48 bits per heavy atom. The van der Waals surface area contributed by atoms with Crippen molar-refractivity contribution in [2.75, 3.05) is 5.32 Å². The van der Waals surface area contributed by atoms with Crippen LogP contribution in [-0.4, -0.2) is 21.3 Å². The monoisotopic (exact) mass is 404 g/mol. The van der Waals surface area contributed by atoms with Crippen molar-refractivity contribution >= 4 is 22.4 Å². The fraction of sp³-hybridized carbons (Fsp3) is 0.182. The topological polar surface area (TPSA) is 80.9 Å². The summed E-state index contributed by atoms with van der Waals surface area (Å²) in [5.74, 6) is 0.170. The number of hydrogen-bond donors (Lipinski definition) is 1. The van der Waals surface area contributed by atoms with Crippen molar-refractivity contribution < 1.29 is 9.32 Å². The van der Waals surface area contributed by atoms with Gasteiger partial charge in [0.15, 0.2) is 0 Å². The van der Waals surface area contributed by atoms with Crippen LogP contribution in [-0.2, 0) is 12.8 Å². The van der Waals surface area contributed by atoms with Crippen molar-refractivity contribution in [2.45, 2.75) is 26.2 Å². The zero-order valence-electron chi connectivity index (χ0n) is 16.0. The van der Waals surface area contributed by atoms with E-state index in [1.807, 2.05) is 48.5 Å². The molecule has 29 heavy (non-hydrogen) atoms. The van der Waals surface area contributed by atoms with Gasteiger partial charge in [-0.2, -0.15) is 0 Å². The summed E-state index contributed by atoms with van der Waals surface area (Å²) in [7, 11) is 0. The summed E-state index contributed by atoms with van der Waals surface area (Å²) in [6.07, 6.45) is 2.79. The molecule has 7 heteroatoms. The van der Waals surface area contributed by atoms with Crippen LogP contribution in [0.2, 0.25) is 0 Å². The standard InChI is InChI=1S/C22H20N4O2S/c1-15-19(20(26-28-15)17-12-6-3-7-13-17)21(27)23-22-25-24-18(29-22)14-8-11-16-9-4-2-5-10-16/h2-7,9-10,12-13H,8,11,14H2,1H3,(H,23,25,27). The Morgan fingerprint density at radius 2 is 1.72 bits per heavy atom. The van der Waals surface area contributed by atoms with E-state index in [4.69, 9.17) is 4.52 Å². The lowest BCUT2D eigenvalue weighted by Gasteiger charge is -2.02. The number of aryl methyl sites for hydroxylation is 3. The second-order valence-corrected chi connectivity index (χ2v) is 7.68. The van der Waals surface area contributed by atoms with Gasteiger partial charge in [-0.3, -0.25) is 10.1 Å². The van der Waals surface area contributed by atoms with Crippen LogP contribution in [0.5, 0.6) is 0 Å². The van der Waals surface area contributed by atoms with Crippen molar-refractivity contribution in [3.63, 3.8) is 0 Å². The predicted octanol–water partition coefficient (Wildman–Crippen LogP) is 4.93. The Hall–Kier alpha value is -3.32. The average Bonchev–Trinajstić information content (AvgIpc) is 3.36. The summed E-state index contributed by atoms with van der Waals surface area (Å²) < 4.78 is 5.27. The molecule has 0 bridgehead atoms. The maximum Gasteiger partial charge on any atom is 0.263 e. The van der Waals surface area contributed by atoms with Crippen molar-refractivity contribution in [3.05, 3.63) is 82.6 Å². The van der Waals surface area contributed by atoms with Crippen LogP contribution in [0.4, 0.5) is 5.13 Å². The van der Waals surface area contributed by atoms with E-state index < -0.39 is 0 Å². The maximum atomic E-state index is 12.8. The van der Waals surface area contributed by atoms with Gasteiger partial charge in [0.25, 0.3) is 5.91 Å². The molecule has 1 N–H and O–H groups in total. The molecule has 0 spiro atoms. The summed E-state index contributed by atoms with van der Waals surface area (Å²) in [6.45, 7) is 1.73. The number of benzene rings is 2. The van der Waals surface area contributed by atoms with Gasteiger partial charge in [-0.05, 0) is 25.3 Å². The highest BCUT2D eigenvalue weighted by Crippen LogP contribution is 2.26. The molecule has 146 valence electrons. The minimum atomic E-state index is -0.297. The summed E-state index contributed by atoms with van der Waals surface area (Å²) >= 11 is 1.40. The van der Waals surface area contributed by atoms with Crippen LogP contribution in [0, 0.1) is 6.92 Å². The van der Waals surface area contributed by atoms with E-state index in [2.05, 4.69) is 32.8 Å². The largest absolute Gasteiger partial charge is 0.360 e. The third-order valence-electron chi connectivity index (χ3n) is 4.52. The molecule has 4 rings (SSSR count). The van der Waals surface area contributed by atoms with Crippen LogP contribution < -0.4 is 5.32 Å². The zero-order valence-corrected chi connectivity index (χ0v) is 16.8. The van der Waals surface area contributed by atoms with E-state index >= 15 is 0 Å². The first-order valence-electron chi connectivity index (χ1n) is 9.40. The maximum absolute atomic E-state index is 12.8. The number of carbonyl (C=O) groups is 1. The third-order valence-corrected chi connectivity index (χ3v) is 5.42. The zero-order chi connectivity index (χ0) is 20.1. The number of rotatable bonds is 7. The van der Waals surface area contributed by atoms with Gasteiger partial charge >= 0.3 is 0 Å². The minimum absolute atomic E-state index is 0.297. The highest BCUT2D eigenvalue weighted by Gasteiger charge is 2.22. The average molecular weight is 404 g/mol. The first kappa shape index (κ1) is 19.0. The van der Waals surface area contributed by atoms with Crippen LogP contribution in [0.3, 0.4) is 0 Å². The van der Waals surface area contributed by atoms with Crippen LogP contribution in [0.1, 0.15) is 33.1 Å². The number of aromatic nitrogens is 3. The predicted molar refractivity (Wildman–Crippen MR) is 113 cm³/mol. The van der Waals surface area contributed by atoms with Gasteiger partial charge in [0.05, 0.1) is 0 Å². The van der Waals surface area contributed by atoms with E-state index in [9.17, 15) is 4.79 Å². The van der Waals surface area contributed by atoms with E-state index in [1.54, 1.807) is 6.92 Å². The first-order valence-corrected chi connectivity index (χ1v) is 10.2. The Balaban J connectivity index is 1.40. The quantitative estimate of drug-likeness (QED) is 0.472. The molecule has 0 saturated heterocycles. The number of hydrogen-bond acceptors (Lipinski definition) is 6. The molecule has 4 aromatic rings.